The van der Waals surface area contributed by atoms with Crippen molar-refractivity contribution >= 4 is 29.4 Å². The molecule has 1 aromatic heterocycles. The summed E-state index contributed by atoms with van der Waals surface area (Å²) in [7, 11) is 1.35. The second-order valence-electron chi connectivity index (χ2n) is 4.83. The number of methoxy groups -OCH3 is 1. The van der Waals surface area contributed by atoms with E-state index >= 15 is 0 Å². The monoisotopic (exact) mass is 292 g/mol. The number of rotatable bonds is 2. The van der Waals surface area contributed by atoms with E-state index in [0.717, 1.165) is 33.7 Å². The highest BCUT2D eigenvalue weighted by atomic mass is 35.5. The molecule has 0 fully saturated rings. The number of aromatic amines is 1. The molecule has 0 amide bonds. The molecule has 0 radical (unpaired) electrons. The van der Waals surface area contributed by atoms with E-state index in [-0.39, 0.29) is 0 Å². The number of allylic oxidation sites excluding steroid dienone is 1. The summed E-state index contributed by atoms with van der Waals surface area (Å²) >= 11 is 6.08. The van der Waals surface area contributed by atoms with E-state index in [9.17, 15) is 4.79 Å². The van der Waals surface area contributed by atoms with Crippen molar-refractivity contribution in [2.75, 3.05) is 7.11 Å². The molecule has 2 heterocycles. The van der Waals surface area contributed by atoms with Gasteiger partial charge >= 0.3 is 5.97 Å². The second kappa shape index (κ2) is 5.29. The lowest BCUT2D eigenvalue weighted by atomic mass is 10.1. The van der Waals surface area contributed by atoms with Crippen molar-refractivity contribution in [3.05, 3.63) is 38.8 Å². The Morgan fingerprint density at radius 3 is 2.35 bits per heavy atom. The number of aromatic nitrogens is 1. The van der Waals surface area contributed by atoms with E-state index in [4.69, 9.17) is 16.3 Å². The van der Waals surface area contributed by atoms with Crippen molar-refractivity contribution in [3.8, 4) is 0 Å². The molecule has 1 aromatic rings. The Bertz CT molecular complexity index is 678. The number of halogens is 1. The molecule has 0 saturated carbocycles. The number of ether oxygens (including phenoxy) is 1. The van der Waals surface area contributed by atoms with E-state index in [1.165, 1.54) is 7.11 Å². The molecule has 0 atom stereocenters. The molecule has 0 aliphatic carbocycles. The van der Waals surface area contributed by atoms with Crippen LogP contribution in [-0.4, -0.2) is 23.8 Å². The molecule has 0 bridgehead atoms. The van der Waals surface area contributed by atoms with Gasteiger partial charge in [0.05, 0.1) is 12.8 Å². The summed E-state index contributed by atoms with van der Waals surface area (Å²) in [5, 5.41) is 0.628. The zero-order valence-corrected chi connectivity index (χ0v) is 13.0. The first-order valence-electron chi connectivity index (χ1n) is 6.28. The first-order valence-corrected chi connectivity index (χ1v) is 6.66. The number of esters is 1. The van der Waals surface area contributed by atoms with Crippen LogP contribution in [0.25, 0.3) is 6.08 Å². The number of nitrogens with zero attached hydrogens (tertiary/aromatic N) is 1. The molecule has 106 valence electrons. The fourth-order valence-electron chi connectivity index (χ4n) is 2.05. The predicted molar refractivity (Wildman–Crippen MR) is 81.1 cm³/mol. The van der Waals surface area contributed by atoms with Crippen molar-refractivity contribution in [1.29, 1.82) is 0 Å². The lowest BCUT2D eigenvalue weighted by Gasteiger charge is -1.98. The Kier molecular flexibility index (Phi) is 3.86. The minimum absolute atomic E-state index is 0.364. The van der Waals surface area contributed by atoms with Crippen LogP contribution in [0, 0.1) is 13.8 Å². The fraction of sp³-hybridized carbons (Fsp3) is 0.333. The first-order chi connectivity index (χ1) is 9.36. The minimum atomic E-state index is -0.414. The molecular weight excluding hydrogens is 276 g/mol. The van der Waals surface area contributed by atoms with Gasteiger partial charge in [-0.3, -0.25) is 0 Å². The van der Waals surface area contributed by atoms with Gasteiger partial charge in [0, 0.05) is 5.69 Å². The number of hydrogen-bond donors (Lipinski definition) is 1. The van der Waals surface area contributed by atoms with Crippen LogP contribution in [0.4, 0.5) is 0 Å². The molecule has 1 aliphatic rings. The molecule has 1 N–H and O–H groups in total. The molecule has 0 unspecified atom stereocenters. The normalized spacial score (nSPS) is 16.9. The van der Waals surface area contributed by atoms with Crippen LogP contribution >= 0.6 is 11.6 Å². The molecule has 1 aliphatic heterocycles. The Morgan fingerprint density at radius 2 is 1.85 bits per heavy atom. The summed E-state index contributed by atoms with van der Waals surface area (Å²) in [4.78, 5) is 19.1. The number of H-pyrrole nitrogens is 1. The number of hydrogen-bond acceptors (Lipinski definition) is 3. The summed E-state index contributed by atoms with van der Waals surface area (Å²) in [6, 6.07) is 0. The third-order valence-corrected chi connectivity index (χ3v) is 4.11. The Morgan fingerprint density at radius 1 is 1.20 bits per heavy atom. The van der Waals surface area contributed by atoms with E-state index in [2.05, 4.69) is 9.98 Å². The summed E-state index contributed by atoms with van der Waals surface area (Å²) in [5.41, 5.74) is 5.93. The maximum Gasteiger partial charge on any atom is 0.356 e. The van der Waals surface area contributed by atoms with Crippen molar-refractivity contribution in [3.63, 3.8) is 0 Å². The standard InChI is InChI=1S/C15H17ClN2O2/c1-7-9(3)13(15(19)20-5)17-11(7)6-12-8(2)10(4)14(16)18-12/h6,18H,1-5H3/b11-6-. The van der Waals surface area contributed by atoms with Gasteiger partial charge in [-0.05, 0) is 56.0 Å². The lowest BCUT2D eigenvalue weighted by Crippen LogP contribution is -2.15. The van der Waals surface area contributed by atoms with Gasteiger partial charge in [-0.15, -0.1) is 0 Å². The molecule has 4 nitrogen and oxygen atoms in total. The number of nitrogens with one attached hydrogen (secondary N) is 1. The van der Waals surface area contributed by atoms with Crippen LogP contribution in [0.15, 0.2) is 21.8 Å². The number of carbonyl (C=O) groups is 1. The third-order valence-electron chi connectivity index (χ3n) is 3.73. The van der Waals surface area contributed by atoms with Gasteiger partial charge < -0.3 is 9.72 Å². The summed E-state index contributed by atoms with van der Waals surface area (Å²) < 4.78 is 4.74. The van der Waals surface area contributed by atoms with Gasteiger partial charge in [-0.1, -0.05) is 11.6 Å². The third kappa shape index (κ3) is 2.31. The van der Waals surface area contributed by atoms with Crippen LogP contribution in [0.5, 0.6) is 0 Å². The second-order valence-corrected chi connectivity index (χ2v) is 5.21. The van der Waals surface area contributed by atoms with Crippen molar-refractivity contribution < 1.29 is 9.53 Å². The molecule has 5 heteroatoms. The van der Waals surface area contributed by atoms with E-state index in [1.54, 1.807) is 0 Å². The highest BCUT2D eigenvalue weighted by Crippen LogP contribution is 2.29. The summed E-state index contributed by atoms with van der Waals surface area (Å²) in [5.74, 6) is -0.414. The van der Waals surface area contributed by atoms with Gasteiger partial charge in [0.25, 0.3) is 0 Å². The quantitative estimate of drug-likeness (QED) is 0.847. The molecule has 20 heavy (non-hydrogen) atoms. The van der Waals surface area contributed by atoms with Crippen molar-refractivity contribution in [2.24, 2.45) is 4.99 Å². The number of carbonyl (C=O) groups excluding carboxylic acids is 1. The Labute approximate surface area is 123 Å². The zero-order valence-electron chi connectivity index (χ0n) is 12.2. The van der Waals surface area contributed by atoms with Crippen LogP contribution in [0.2, 0.25) is 5.15 Å². The van der Waals surface area contributed by atoms with Crippen molar-refractivity contribution in [1.82, 2.24) is 4.98 Å². The maximum absolute atomic E-state index is 11.6. The maximum atomic E-state index is 11.6. The summed E-state index contributed by atoms with van der Waals surface area (Å²) in [6.07, 6.45) is 1.91. The summed E-state index contributed by atoms with van der Waals surface area (Å²) in [6.45, 7) is 7.76. The van der Waals surface area contributed by atoms with Gasteiger partial charge in [0.2, 0.25) is 0 Å². The van der Waals surface area contributed by atoms with Crippen LogP contribution in [0.3, 0.4) is 0 Å². The largest absolute Gasteiger partial charge is 0.464 e. The van der Waals surface area contributed by atoms with Crippen LogP contribution in [-0.2, 0) is 9.53 Å². The average molecular weight is 293 g/mol. The minimum Gasteiger partial charge on any atom is -0.464 e. The number of aliphatic imine (C=N–C) groups is 1. The highest BCUT2D eigenvalue weighted by molar-refractivity contribution is 6.44. The molecule has 0 aromatic carbocycles. The molecule has 0 saturated heterocycles. The lowest BCUT2D eigenvalue weighted by molar-refractivity contribution is -0.132. The van der Waals surface area contributed by atoms with Crippen LogP contribution < -0.4 is 0 Å². The van der Waals surface area contributed by atoms with Gasteiger partial charge in [0.1, 0.15) is 5.15 Å². The van der Waals surface area contributed by atoms with Crippen molar-refractivity contribution in [2.45, 2.75) is 27.7 Å². The first kappa shape index (κ1) is 14.6. The van der Waals surface area contributed by atoms with E-state index < -0.39 is 5.97 Å². The van der Waals surface area contributed by atoms with Gasteiger partial charge in [-0.25, -0.2) is 9.79 Å². The predicted octanol–water partition coefficient (Wildman–Crippen LogP) is 3.59. The SMILES string of the molecule is COC(=O)C1=N/C(=C\c2[nH]c(Cl)c(C)c2C)C(C)=C1C. The molecular formula is C15H17ClN2O2. The van der Waals surface area contributed by atoms with Gasteiger partial charge in [0.15, 0.2) is 5.71 Å². The van der Waals surface area contributed by atoms with Crippen LogP contribution in [0.1, 0.15) is 30.7 Å². The smallest absolute Gasteiger partial charge is 0.356 e. The zero-order chi connectivity index (χ0) is 15.0. The van der Waals surface area contributed by atoms with E-state index in [1.807, 2.05) is 33.8 Å². The topological polar surface area (TPSA) is 54.4 Å². The molecule has 2 rings (SSSR count). The fourth-order valence-corrected chi connectivity index (χ4v) is 2.29. The van der Waals surface area contributed by atoms with E-state index in [0.29, 0.717) is 10.9 Å². The molecule has 0 spiro atoms. The highest BCUT2D eigenvalue weighted by Gasteiger charge is 2.24. The Hall–Kier alpha value is -1.81. The van der Waals surface area contributed by atoms with Gasteiger partial charge in [-0.2, -0.15) is 0 Å². The Balaban J connectivity index is 2.48. The average Bonchev–Trinajstić information content (AvgIpc) is 2.84.